The first-order chi connectivity index (χ1) is 4.74. The van der Waals surface area contributed by atoms with E-state index in [4.69, 9.17) is 0 Å². The molecular formula is C8H16N2. The first-order valence-corrected chi connectivity index (χ1v) is 3.65. The zero-order valence-corrected chi connectivity index (χ0v) is 7.09. The van der Waals surface area contributed by atoms with Crippen molar-refractivity contribution in [3.8, 4) is 0 Å². The fourth-order valence-electron chi connectivity index (χ4n) is 0.546. The molecule has 0 saturated carbocycles. The van der Waals surface area contributed by atoms with Crippen LogP contribution in [0.15, 0.2) is 17.8 Å². The topological polar surface area (TPSA) is 15.6 Å². The highest BCUT2D eigenvalue weighted by Crippen LogP contribution is 1.90. The molecule has 0 aromatic rings. The summed E-state index contributed by atoms with van der Waals surface area (Å²) in [6, 6.07) is 0. The Morgan fingerprint density at radius 2 is 2.20 bits per heavy atom. The SMILES string of the molecule is C=C/C(CC)=N\N(C)CC. The van der Waals surface area contributed by atoms with Crippen LogP contribution in [0.4, 0.5) is 0 Å². The van der Waals surface area contributed by atoms with E-state index in [2.05, 4.69) is 25.5 Å². The maximum Gasteiger partial charge on any atom is 0.0596 e. The highest BCUT2D eigenvalue weighted by molar-refractivity contribution is 5.93. The summed E-state index contributed by atoms with van der Waals surface area (Å²) in [6.45, 7) is 8.75. The van der Waals surface area contributed by atoms with Crippen LogP contribution in [0.25, 0.3) is 0 Å². The first kappa shape index (κ1) is 9.21. The van der Waals surface area contributed by atoms with Crippen LogP contribution in [0.2, 0.25) is 0 Å². The van der Waals surface area contributed by atoms with Crippen molar-refractivity contribution in [2.24, 2.45) is 5.10 Å². The second kappa shape index (κ2) is 5.03. The fourth-order valence-corrected chi connectivity index (χ4v) is 0.546. The van der Waals surface area contributed by atoms with Crippen LogP contribution in [0.1, 0.15) is 20.3 Å². The minimum absolute atomic E-state index is 0.942. The zero-order chi connectivity index (χ0) is 7.98. The molecule has 0 bridgehead atoms. The van der Waals surface area contributed by atoms with Gasteiger partial charge in [0, 0.05) is 13.6 Å². The molecule has 0 aliphatic carbocycles. The molecule has 0 radical (unpaired) electrons. The van der Waals surface area contributed by atoms with Crippen molar-refractivity contribution < 1.29 is 0 Å². The predicted octanol–water partition coefficient (Wildman–Crippen LogP) is 1.89. The van der Waals surface area contributed by atoms with E-state index in [1.165, 1.54) is 0 Å². The Kier molecular flexibility index (Phi) is 4.63. The Morgan fingerprint density at radius 3 is 2.50 bits per heavy atom. The monoisotopic (exact) mass is 140 g/mol. The normalized spacial score (nSPS) is 11.3. The van der Waals surface area contributed by atoms with Crippen molar-refractivity contribution >= 4 is 5.71 Å². The van der Waals surface area contributed by atoms with E-state index in [0.29, 0.717) is 0 Å². The molecule has 0 heterocycles. The highest BCUT2D eigenvalue weighted by atomic mass is 15.4. The van der Waals surface area contributed by atoms with Gasteiger partial charge in [0.2, 0.25) is 0 Å². The Labute approximate surface area is 63.2 Å². The molecule has 0 rings (SSSR count). The van der Waals surface area contributed by atoms with Gasteiger partial charge in [-0.05, 0) is 19.4 Å². The Balaban J connectivity index is 3.95. The summed E-state index contributed by atoms with van der Waals surface area (Å²) in [5.41, 5.74) is 1.05. The minimum atomic E-state index is 0.942. The molecule has 0 aromatic carbocycles. The number of hydrogen-bond acceptors (Lipinski definition) is 2. The van der Waals surface area contributed by atoms with Gasteiger partial charge in [-0.15, -0.1) is 0 Å². The van der Waals surface area contributed by atoms with Gasteiger partial charge in [-0.25, -0.2) is 0 Å². The van der Waals surface area contributed by atoms with Crippen molar-refractivity contribution in [1.29, 1.82) is 0 Å². The van der Waals surface area contributed by atoms with E-state index >= 15 is 0 Å². The van der Waals surface area contributed by atoms with Crippen LogP contribution in [0, 0.1) is 0 Å². The average molecular weight is 140 g/mol. The molecule has 58 valence electrons. The number of allylic oxidation sites excluding steroid dienone is 1. The van der Waals surface area contributed by atoms with E-state index in [-0.39, 0.29) is 0 Å². The predicted molar refractivity (Wildman–Crippen MR) is 46.2 cm³/mol. The molecule has 0 fully saturated rings. The Bertz CT molecular complexity index is 127. The molecule has 0 N–H and O–H groups in total. The van der Waals surface area contributed by atoms with E-state index in [1.54, 1.807) is 6.08 Å². The van der Waals surface area contributed by atoms with Gasteiger partial charge in [0.15, 0.2) is 0 Å². The quantitative estimate of drug-likeness (QED) is 0.430. The molecular weight excluding hydrogens is 124 g/mol. The standard InChI is InChI=1S/C8H16N2/c1-5-8(6-2)9-10(4)7-3/h5H,1,6-7H2,2-4H3/b9-8+. The third kappa shape index (κ3) is 3.28. The smallest absolute Gasteiger partial charge is 0.0596 e. The number of nitrogens with zero attached hydrogens (tertiary/aromatic N) is 2. The molecule has 0 spiro atoms. The third-order valence-electron chi connectivity index (χ3n) is 1.35. The second-order valence-corrected chi connectivity index (χ2v) is 2.12. The van der Waals surface area contributed by atoms with Crippen molar-refractivity contribution in [1.82, 2.24) is 5.01 Å². The van der Waals surface area contributed by atoms with Gasteiger partial charge in [0.05, 0.1) is 5.71 Å². The molecule has 0 aliphatic rings. The second-order valence-electron chi connectivity index (χ2n) is 2.12. The molecule has 2 heteroatoms. The largest absolute Gasteiger partial charge is 0.300 e. The van der Waals surface area contributed by atoms with E-state index < -0.39 is 0 Å². The van der Waals surface area contributed by atoms with Crippen molar-refractivity contribution in [2.45, 2.75) is 20.3 Å². The summed E-state index contributed by atoms with van der Waals surface area (Å²) in [4.78, 5) is 0. The Hall–Kier alpha value is -0.790. The van der Waals surface area contributed by atoms with Crippen LogP contribution < -0.4 is 0 Å². The van der Waals surface area contributed by atoms with E-state index in [0.717, 1.165) is 18.7 Å². The van der Waals surface area contributed by atoms with Gasteiger partial charge >= 0.3 is 0 Å². The van der Waals surface area contributed by atoms with Crippen molar-refractivity contribution in [3.05, 3.63) is 12.7 Å². The maximum absolute atomic E-state index is 4.26. The summed E-state index contributed by atoms with van der Waals surface area (Å²) in [6.07, 6.45) is 2.75. The molecule has 2 nitrogen and oxygen atoms in total. The van der Waals surface area contributed by atoms with Crippen LogP contribution >= 0.6 is 0 Å². The maximum atomic E-state index is 4.26. The Morgan fingerprint density at radius 1 is 1.60 bits per heavy atom. The van der Waals surface area contributed by atoms with Gasteiger partial charge in [-0.3, -0.25) is 0 Å². The molecule has 0 unspecified atom stereocenters. The summed E-state index contributed by atoms with van der Waals surface area (Å²) in [5.74, 6) is 0. The number of rotatable bonds is 4. The summed E-state index contributed by atoms with van der Waals surface area (Å²) < 4.78 is 0. The lowest BCUT2D eigenvalue weighted by Crippen LogP contribution is -2.12. The fraction of sp³-hybridized carbons (Fsp3) is 0.625. The van der Waals surface area contributed by atoms with Gasteiger partial charge < -0.3 is 5.01 Å². The van der Waals surface area contributed by atoms with Crippen LogP contribution in [0.3, 0.4) is 0 Å². The first-order valence-electron chi connectivity index (χ1n) is 3.65. The van der Waals surface area contributed by atoms with Gasteiger partial charge in [-0.2, -0.15) is 5.10 Å². The third-order valence-corrected chi connectivity index (χ3v) is 1.35. The van der Waals surface area contributed by atoms with Gasteiger partial charge in [-0.1, -0.05) is 13.5 Å². The van der Waals surface area contributed by atoms with Crippen molar-refractivity contribution in [2.75, 3.05) is 13.6 Å². The molecule has 10 heavy (non-hydrogen) atoms. The summed E-state index contributed by atoms with van der Waals surface area (Å²) >= 11 is 0. The highest BCUT2D eigenvalue weighted by Gasteiger charge is 1.90. The van der Waals surface area contributed by atoms with E-state index in [9.17, 15) is 0 Å². The molecule has 0 saturated heterocycles. The zero-order valence-electron chi connectivity index (χ0n) is 7.09. The van der Waals surface area contributed by atoms with Crippen LogP contribution in [-0.2, 0) is 0 Å². The molecule has 0 aromatic heterocycles. The molecule has 0 atom stereocenters. The number of hydrazone groups is 1. The van der Waals surface area contributed by atoms with Gasteiger partial charge in [0.25, 0.3) is 0 Å². The molecule has 0 aliphatic heterocycles. The molecule has 0 amide bonds. The minimum Gasteiger partial charge on any atom is -0.300 e. The lowest BCUT2D eigenvalue weighted by molar-refractivity contribution is 0.375. The van der Waals surface area contributed by atoms with Crippen LogP contribution in [-0.4, -0.2) is 24.3 Å². The van der Waals surface area contributed by atoms with Crippen LogP contribution in [0.5, 0.6) is 0 Å². The van der Waals surface area contributed by atoms with Crippen molar-refractivity contribution in [3.63, 3.8) is 0 Å². The average Bonchev–Trinajstić information content (AvgIpc) is 1.99. The lowest BCUT2D eigenvalue weighted by atomic mass is 10.3. The lowest BCUT2D eigenvalue weighted by Gasteiger charge is -2.09. The number of hydrogen-bond donors (Lipinski definition) is 0. The van der Waals surface area contributed by atoms with Gasteiger partial charge in [0.1, 0.15) is 0 Å². The summed E-state index contributed by atoms with van der Waals surface area (Å²) in [5, 5.41) is 6.17. The van der Waals surface area contributed by atoms with E-state index in [1.807, 2.05) is 12.1 Å². The summed E-state index contributed by atoms with van der Waals surface area (Å²) in [7, 11) is 1.96.